The lowest BCUT2D eigenvalue weighted by molar-refractivity contribution is -0.128. The first-order valence-corrected chi connectivity index (χ1v) is 6.48. The first-order chi connectivity index (χ1) is 9.56. The predicted molar refractivity (Wildman–Crippen MR) is 76.2 cm³/mol. The Labute approximate surface area is 115 Å². The van der Waals surface area contributed by atoms with E-state index in [-0.39, 0.29) is 11.8 Å². The van der Waals surface area contributed by atoms with Crippen LogP contribution in [0.5, 0.6) is 0 Å². The van der Waals surface area contributed by atoms with E-state index in [4.69, 9.17) is 5.73 Å². The van der Waals surface area contributed by atoms with Gasteiger partial charge in [-0.15, -0.1) is 0 Å². The number of carbonyl (C=O) groups is 2. The minimum absolute atomic E-state index is 0.0394. The Morgan fingerprint density at radius 2 is 2.30 bits per heavy atom. The van der Waals surface area contributed by atoms with Crippen LogP contribution in [0.25, 0.3) is 10.9 Å². The fourth-order valence-corrected chi connectivity index (χ4v) is 2.52. The van der Waals surface area contributed by atoms with E-state index >= 15 is 0 Å². The molecule has 20 heavy (non-hydrogen) atoms. The molecule has 1 fully saturated rings. The number of hydrogen-bond donors (Lipinski definition) is 3. The van der Waals surface area contributed by atoms with Crippen molar-refractivity contribution in [3.63, 3.8) is 0 Å². The number of hydrogen-bond acceptors (Lipinski definition) is 3. The van der Waals surface area contributed by atoms with Crippen molar-refractivity contribution in [3.8, 4) is 0 Å². The van der Waals surface area contributed by atoms with Crippen molar-refractivity contribution in [1.82, 2.24) is 15.2 Å². The molecule has 6 nitrogen and oxygen atoms in total. The summed E-state index contributed by atoms with van der Waals surface area (Å²) in [4.78, 5) is 28.7. The molecule has 1 aromatic heterocycles. The van der Waals surface area contributed by atoms with Gasteiger partial charge in [-0.3, -0.25) is 9.59 Å². The molecule has 1 unspecified atom stereocenters. The second-order valence-corrected chi connectivity index (χ2v) is 5.08. The third-order valence-corrected chi connectivity index (χ3v) is 3.68. The minimum atomic E-state index is -0.425. The van der Waals surface area contributed by atoms with Crippen LogP contribution < -0.4 is 11.1 Å². The normalized spacial score (nSPS) is 18.8. The lowest BCUT2D eigenvalue weighted by Crippen LogP contribution is -2.40. The highest BCUT2D eigenvalue weighted by Crippen LogP contribution is 2.21. The number of nitrogen functional groups attached to an aromatic ring is 1. The molecule has 0 spiro atoms. The highest BCUT2D eigenvalue weighted by molar-refractivity contribution is 6.08. The van der Waals surface area contributed by atoms with Crippen molar-refractivity contribution in [1.29, 1.82) is 0 Å². The van der Waals surface area contributed by atoms with Crippen LogP contribution in [0, 0.1) is 0 Å². The van der Waals surface area contributed by atoms with Gasteiger partial charge in [-0.05, 0) is 24.6 Å². The summed E-state index contributed by atoms with van der Waals surface area (Å²) in [6, 6.07) is 4.91. The Balaban J connectivity index is 1.84. The van der Waals surface area contributed by atoms with E-state index in [9.17, 15) is 9.59 Å². The van der Waals surface area contributed by atoms with Crippen LogP contribution in [0.4, 0.5) is 5.69 Å². The molecule has 1 aliphatic rings. The van der Waals surface area contributed by atoms with Gasteiger partial charge in [0.25, 0.3) is 5.91 Å². The van der Waals surface area contributed by atoms with Gasteiger partial charge in [0.2, 0.25) is 5.91 Å². The quantitative estimate of drug-likeness (QED) is 0.703. The van der Waals surface area contributed by atoms with Crippen LogP contribution >= 0.6 is 0 Å². The Hall–Kier alpha value is -2.50. The lowest BCUT2D eigenvalue weighted by Gasteiger charge is -2.11. The zero-order valence-electron chi connectivity index (χ0n) is 11.1. The number of carbonyl (C=O) groups excluding carboxylic acids is 2. The average Bonchev–Trinajstić information content (AvgIpc) is 2.96. The Kier molecular flexibility index (Phi) is 2.85. The van der Waals surface area contributed by atoms with Crippen LogP contribution in [0.1, 0.15) is 16.8 Å². The monoisotopic (exact) mass is 272 g/mol. The van der Waals surface area contributed by atoms with Gasteiger partial charge >= 0.3 is 0 Å². The number of rotatable bonds is 2. The molecule has 3 rings (SSSR count). The third-order valence-electron chi connectivity index (χ3n) is 3.68. The van der Waals surface area contributed by atoms with Crippen LogP contribution in [0.2, 0.25) is 0 Å². The molecule has 6 heteroatoms. The number of fused-ring (bicyclic) bond motifs is 1. The van der Waals surface area contributed by atoms with Gasteiger partial charge in [-0.25, -0.2) is 0 Å². The number of nitrogens with zero attached hydrogens (tertiary/aromatic N) is 1. The number of benzene rings is 1. The van der Waals surface area contributed by atoms with Crippen LogP contribution in [-0.2, 0) is 4.79 Å². The standard InChI is InChI=1S/C14H16N4O2/c1-18-5-4-11(14(18)20)17-13(19)10-7-16-12-6-8(15)2-3-9(10)12/h2-3,6-7,11,16H,4-5,15H2,1H3,(H,17,19). The summed E-state index contributed by atoms with van der Waals surface area (Å²) in [5, 5.41) is 3.59. The summed E-state index contributed by atoms with van der Waals surface area (Å²) >= 11 is 0. The maximum absolute atomic E-state index is 12.3. The SMILES string of the molecule is CN1CCC(NC(=O)c2c[nH]c3cc(N)ccc23)C1=O. The molecule has 0 bridgehead atoms. The van der Waals surface area contributed by atoms with E-state index in [0.717, 1.165) is 10.9 Å². The topological polar surface area (TPSA) is 91.2 Å². The fraction of sp³-hybridized carbons (Fsp3) is 0.286. The van der Waals surface area contributed by atoms with E-state index < -0.39 is 6.04 Å². The van der Waals surface area contributed by atoms with Crippen molar-refractivity contribution >= 4 is 28.4 Å². The number of nitrogens with two attached hydrogens (primary N) is 1. The summed E-state index contributed by atoms with van der Waals surface area (Å²) < 4.78 is 0. The number of aromatic amines is 1. The second-order valence-electron chi connectivity index (χ2n) is 5.08. The zero-order chi connectivity index (χ0) is 14.3. The molecule has 2 heterocycles. The molecule has 1 saturated heterocycles. The number of amides is 2. The highest BCUT2D eigenvalue weighted by Gasteiger charge is 2.30. The van der Waals surface area contributed by atoms with Crippen molar-refractivity contribution in [3.05, 3.63) is 30.0 Å². The minimum Gasteiger partial charge on any atom is -0.399 e. The van der Waals surface area contributed by atoms with Crippen LogP contribution in [0.3, 0.4) is 0 Å². The van der Waals surface area contributed by atoms with E-state index in [1.165, 1.54) is 0 Å². The van der Waals surface area contributed by atoms with Gasteiger partial charge in [0, 0.05) is 36.4 Å². The molecule has 1 aliphatic heterocycles. The summed E-state index contributed by atoms with van der Waals surface area (Å²) in [5.74, 6) is -0.280. The van der Waals surface area contributed by atoms with Crippen molar-refractivity contribution in [2.75, 3.05) is 19.3 Å². The van der Waals surface area contributed by atoms with E-state index in [2.05, 4.69) is 10.3 Å². The average molecular weight is 272 g/mol. The highest BCUT2D eigenvalue weighted by atomic mass is 16.2. The zero-order valence-corrected chi connectivity index (χ0v) is 11.1. The van der Waals surface area contributed by atoms with Gasteiger partial charge < -0.3 is 20.9 Å². The molecular weight excluding hydrogens is 256 g/mol. The van der Waals surface area contributed by atoms with E-state index in [1.54, 1.807) is 36.3 Å². The van der Waals surface area contributed by atoms with E-state index in [0.29, 0.717) is 24.2 Å². The Bertz CT molecular complexity index is 692. The number of likely N-dealkylation sites (N-methyl/N-ethyl adjacent to an activating group) is 1. The predicted octanol–water partition coefficient (Wildman–Crippen LogP) is 0.711. The van der Waals surface area contributed by atoms with Crippen LogP contribution in [0.15, 0.2) is 24.4 Å². The molecule has 0 radical (unpaired) electrons. The first kappa shape index (κ1) is 12.5. The fourth-order valence-electron chi connectivity index (χ4n) is 2.52. The molecule has 0 saturated carbocycles. The lowest BCUT2D eigenvalue weighted by atomic mass is 10.1. The summed E-state index contributed by atoms with van der Waals surface area (Å²) in [6.07, 6.45) is 2.29. The maximum Gasteiger partial charge on any atom is 0.254 e. The molecule has 104 valence electrons. The van der Waals surface area contributed by atoms with Crippen LogP contribution in [-0.4, -0.2) is 41.3 Å². The van der Waals surface area contributed by atoms with E-state index in [1.807, 2.05) is 0 Å². The molecule has 4 N–H and O–H groups in total. The second kappa shape index (κ2) is 4.56. The molecule has 1 atom stereocenters. The molecule has 2 amide bonds. The number of H-pyrrole nitrogens is 1. The van der Waals surface area contributed by atoms with Gasteiger partial charge in [0.05, 0.1) is 5.56 Å². The first-order valence-electron chi connectivity index (χ1n) is 6.48. The van der Waals surface area contributed by atoms with Gasteiger partial charge in [-0.2, -0.15) is 0 Å². The molecule has 0 aliphatic carbocycles. The number of anilines is 1. The molecule has 1 aromatic carbocycles. The number of aromatic nitrogens is 1. The van der Waals surface area contributed by atoms with Gasteiger partial charge in [0.1, 0.15) is 6.04 Å². The van der Waals surface area contributed by atoms with Crippen molar-refractivity contribution in [2.24, 2.45) is 0 Å². The number of nitrogens with one attached hydrogen (secondary N) is 2. The van der Waals surface area contributed by atoms with Gasteiger partial charge in [-0.1, -0.05) is 0 Å². The maximum atomic E-state index is 12.3. The summed E-state index contributed by atoms with van der Waals surface area (Å²) in [6.45, 7) is 0.675. The van der Waals surface area contributed by atoms with Crippen molar-refractivity contribution in [2.45, 2.75) is 12.5 Å². The number of likely N-dealkylation sites (tertiary alicyclic amines) is 1. The summed E-state index contributed by atoms with van der Waals surface area (Å²) in [5.41, 5.74) is 7.68. The van der Waals surface area contributed by atoms with Gasteiger partial charge in [0.15, 0.2) is 0 Å². The van der Waals surface area contributed by atoms with Crippen molar-refractivity contribution < 1.29 is 9.59 Å². The third kappa shape index (κ3) is 1.99. The Morgan fingerprint density at radius 1 is 1.50 bits per heavy atom. The summed E-state index contributed by atoms with van der Waals surface area (Å²) in [7, 11) is 1.74. The smallest absolute Gasteiger partial charge is 0.254 e. The molecule has 2 aromatic rings. The molecular formula is C14H16N4O2. The largest absolute Gasteiger partial charge is 0.399 e. The Morgan fingerprint density at radius 3 is 3.00 bits per heavy atom.